The lowest BCUT2D eigenvalue weighted by Gasteiger charge is -2.12. The molecule has 0 saturated heterocycles. The lowest BCUT2D eigenvalue weighted by molar-refractivity contribution is 0.0734. The monoisotopic (exact) mass is 376 g/mol. The van der Waals surface area contributed by atoms with Crippen LogP contribution in [0.5, 0.6) is 11.5 Å². The van der Waals surface area contributed by atoms with E-state index in [9.17, 15) is 4.79 Å². The second-order valence-corrected chi connectivity index (χ2v) is 6.78. The van der Waals surface area contributed by atoms with E-state index in [-0.39, 0.29) is 12.1 Å². The molecule has 0 saturated carbocycles. The molecule has 0 amide bonds. The molecule has 0 atom stereocenters. The molecule has 0 unspecified atom stereocenters. The van der Waals surface area contributed by atoms with Crippen molar-refractivity contribution in [2.75, 3.05) is 0 Å². The predicted molar refractivity (Wildman–Crippen MR) is 95.4 cm³/mol. The molecular weight excluding hydrogens is 356 g/mol. The van der Waals surface area contributed by atoms with Crippen molar-refractivity contribution < 1.29 is 14.3 Å². The maximum absolute atomic E-state index is 12.2. The van der Waals surface area contributed by atoms with Crippen molar-refractivity contribution in [2.24, 2.45) is 0 Å². The van der Waals surface area contributed by atoms with Gasteiger partial charge in [-0.2, -0.15) is 0 Å². The van der Waals surface area contributed by atoms with Gasteiger partial charge < -0.3 is 9.47 Å². The van der Waals surface area contributed by atoms with Gasteiger partial charge in [0.05, 0.1) is 16.1 Å². The summed E-state index contributed by atoms with van der Waals surface area (Å²) >= 11 is 3.42. The van der Waals surface area contributed by atoms with E-state index in [1.54, 1.807) is 18.2 Å². The maximum Gasteiger partial charge on any atom is 0.343 e. The summed E-state index contributed by atoms with van der Waals surface area (Å²) in [5.74, 6) is 1.30. The van der Waals surface area contributed by atoms with E-state index in [0.29, 0.717) is 23.0 Å². The highest BCUT2D eigenvalue weighted by Crippen LogP contribution is 2.27. The quantitative estimate of drug-likeness (QED) is 0.504. The molecule has 0 fully saturated rings. The van der Waals surface area contributed by atoms with Gasteiger partial charge in [-0.15, -0.1) is 0 Å². The summed E-state index contributed by atoms with van der Waals surface area (Å²) in [6.07, 6.45) is 0.0728. The highest BCUT2D eigenvalue weighted by atomic mass is 79.9. The van der Waals surface area contributed by atoms with E-state index < -0.39 is 0 Å². The fraction of sp³-hybridized carbons (Fsp3) is 0.316. The Morgan fingerprint density at radius 3 is 2.17 bits per heavy atom. The number of halogens is 1. The summed E-state index contributed by atoms with van der Waals surface area (Å²) in [5, 5.41) is 0. The normalized spacial score (nSPS) is 10.9. The van der Waals surface area contributed by atoms with Crippen LogP contribution < -0.4 is 9.47 Å². The number of hydrogen-bond acceptors (Lipinski definition) is 3. The van der Waals surface area contributed by atoms with Crippen molar-refractivity contribution in [3.8, 4) is 11.5 Å². The smallest absolute Gasteiger partial charge is 0.343 e. The van der Waals surface area contributed by atoms with Crippen LogP contribution >= 0.6 is 15.9 Å². The first-order chi connectivity index (χ1) is 10.9. The fourth-order valence-corrected chi connectivity index (χ4v) is 2.54. The van der Waals surface area contributed by atoms with Gasteiger partial charge in [0.1, 0.15) is 11.5 Å². The zero-order chi connectivity index (χ0) is 17.0. The van der Waals surface area contributed by atoms with Gasteiger partial charge >= 0.3 is 5.97 Å². The number of benzene rings is 2. The lowest BCUT2D eigenvalue weighted by atomic mass is 10.0. The molecule has 0 spiro atoms. The van der Waals surface area contributed by atoms with Crippen LogP contribution in [0.2, 0.25) is 0 Å². The Morgan fingerprint density at radius 2 is 1.65 bits per heavy atom. The van der Waals surface area contributed by atoms with Crippen molar-refractivity contribution in [2.45, 2.75) is 39.7 Å². The standard InChI is InChI=1S/C19H21BrO3/c1-12(2)14-5-8-16(9-6-14)23-19(21)15-7-10-18(17(20)11-15)22-13(3)4/h5-13H,1-4H3. The second-order valence-electron chi connectivity index (χ2n) is 5.93. The molecule has 4 heteroatoms. The first-order valence-corrected chi connectivity index (χ1v) is 8.44. The Labute approximate surface area is 145 Å². The van der Waals surface area contributed by atoms with E-state index in [2.05, 4.69) is 29.8 Å². The number of hydrogen-bond donors (Lipinski definition) is 0. The summed E-state index contributed by atoms with van der Waals surface area (Å²) in [6.45, 7) is 8.16. The topological polar surface area (TPSA) is 35.5 Å². The number of carbonyl (C=O) groups excluding carboxylic acids is 1. The Morgan fingerprint density at radius 1 is 1.00 bits per heavy atom. The molecule has 0 bridgehead atoms. The number of ether oxygens (including phenoxy) is 2. The van der Waals surface area contributed by atoms with Crippen LogP contribution in [0.1, 0.15) is 49.5 Å². The van der Waals surface area contributed by atoms with Gasteiger partial charge in [0.25, 0.3) is 0 Å². The minimum absolute atomic E-state index is 0.0728. The number of esters is 1. The van der Waals surface area contributed by atoms with E-state index >= 15 is 0 Å². The van der Waals surface area contributed by atoms with Crippen molar-refractivity contribution in [3.63, 3.8) is 0 Å². The molecule has 3 nitrogen and oxygen atoms in total. The third kappa shape index (κ3) is 4.83. The summed E-state index contributed by atoms with van der Waals surface area (Å²) < 4.78 is 11.8. The van der Waals surface area contributed by atoms with E-state index in [4.69, 9.17) is 9.47 Å². The van der Waals surface area contributed by atoms with E-state index in [1.165, 1.54) is 5.56 Å². The SMILES string of the molecule is CC(C)Oc1ccc(C(=O)Oc2ccc(C(C)C)cc2)cc1Br. The number of carbonyl (C=O) groups is 1. The highest BCUT2D eigenvalue weighted by molar-refractivity contribution is 9.10. The van der Waals surface area contributed by atoms with Gasteiger partial charge in [-0.05, 0) is 71.6 Å². The zero-order valence-electron chi connectivity index (χ0n) is 13.8. The molecule has 2 aromatic carbocycles. The average Bonchev–Trinajstić information content (AvgIpc) is 2.49. The second kappa shape index (κ2) is 7.64. The predicted octanol–water partition coefficient (Wildman–Crippen LogP) is 5.58. The van der Waals surface area contributed by atoms with Crippen LogP contribution in [-0.4, -0.2) is 12.1 Å². The summed E-state index contributed by atoms with van der Waals surface area (Å²) in [7, 11) is 0. The highest BCUT2D eigenvalue weighted by Gasteiger charge is 2.12. The van der Waals surface area contributed by atoms with Crippen LogP contribution in [0.4, 0.5) is 0 Å². The van der Waals surface area contributed by atoms with Crippen LogP contribution in [0.25, 0.3) is 0 Å². The summed E-state index contributed by atoms with van der Waals surface area (Å²) in [4.78, 5) is 12.2. The Bertz CT molecular complexity index is 676. The van der Waals surface area contributed by atoms with Crippen molar-refractivity contribution >= 4 is 21.9 Å². The van der Waals surface area contributed by atoms with Crippen molar-refractivity contribution in [1.82, 2.24) is 0 Å². The molecule has 0 aliphatic heterocycles. The first-order valence-electron chi connectivity index (χ1n) is 7.65. The van der Waals surface area contributed by atoms with Gasteiger partial charge in [-0.25, -0.2) is 4.79 Å². The van der Waals surface area contributed by atoms with Crippen LogP contribution in [0.15, 0.2) is 46.9 Å². The maximum atomic E-state index is 12.2. The van der Waals surface area contributed by atoms with Crippen LogP contribution in [0.3, 0.4) is 0 Å². The molecule has 2 aromatic rings. The van der Waals surface area contributed by atoms with Gasteiger partial charge in [-0.1, -0.05) is 26.0 Å². The van der Waals surface area contributed by atoms with Gasteiger partial charge in [-0.3, -0.25) is 0 Å². The molecule has 0 heterocycles. The molecule has 0 radical (unpaired) electrons. The zero-order valence-corrected chi connectivity index (χ0v) is 15.4. The molecule has 0 aliphatic carbocycles. The Hall–Kier alpha value is -1.81. The third-order valence-corrected chi connectivity index (χ3v) is 3.91. The van der Waals surface area contributed by atoms with E-state index in [0.717, 1.165) is 4.47 Å². The van der Waals surface area contributed by atoms with E-state index in [1.807, 2.05) is 38.1 Å². The minimum Gasteiger partial charge on any atom is -0.490 e. The minimum atomic E-state index is -0.390. The largest absolute Gasteiger partial charge is 0.490 e. The molecule has 0 aromatic heterocycles. The molecule has 2 rings (SSSR count). The third-order valence-electron chi connectivity index (χ3n) is 3.29. The lowest BCUT2D eigenvalue weighted by Crippen LogP contribution is -2.10. The van der Waals surface area contributed by atoms with Crippen molar-refractivity contribution in [3.05, 3.63) is 58.1 Å². The Kier molecular flexibility index (Phi) is 5.83. The fourth-order valence-electron chi connectivity index (χ4n) is 2.06. The molecular formula is C19H21BrO3. The average molecular weight is 377 g/mol. The summed E-state index contributed by atoms with van der Waals surface area (Å²) in [5.41, 5.74) is 1.68. The summed E-state index contributed by atoms with van der Waals surface area (Å²) in [6, 6.07) is 12.8. The molecule has 0 aliphatic rings. The molecule has 122 valence electrons. The Balaban J connectivity index is 2.10. The van der Waals surface area contributed by atoms with Gasteiger partial charge in [0, 0.05) is 0 Å². The molecule has 0 N–H and O–H groups in total. The number of rotatable bonds is 5. The van der Waals surface area contributed by atoms with Crippen molar-refractivity contribution in [1.29, 1.82) is 0 Å². The van der Waals surface area contributed by atoms with Crippen LogP contribution in [0, 0.1) is 0 Å². The molecule has 23 heavy (non-hydrogen) atoms. The van der Waals surface area contributed by atoms with Gasteiger partial charge in [0.15, 0.2) is 0 Å². The van der Waals surface area contributed by atoms with Gasteiger partial charge in [0.2, 0.25) is 0 Å². The first kappa shape index (κ1) is 17.5. The van der Waals surface area contributed by atoms with Crippen LogP contribution in [-0.2, 0) is 0 Å².